The molecule has 0 saturated heterocycles. The summed E-state index contributed by atoms with van der Waals surface area (Å²) in [6.45, 7) is 2.76. The van der Waals surface area contributed by atoms with Crippen molar-refractivity contribution in [3.63, 3.8) is 0 Å². The molecule has 1 aliphatic carbocycles. The maximum Gasteiger partial charge on any atom is 0.259 e. The highest BCUT2D eigenvalue weighted by Crippen LogP contribution is 2.40. The van der Waals surface area contributed by atoms with Crippen LogP contribution in [0.5, 0.6) is 0 Å². The number of para-hydroxylation sites is 1. The van der Waals surface area contributed by atoms with Crippen molar-refractivity contribution in [2.45, 2.75) is 44.7 Å². The molecule has 3 heterocycles. The van der Waals surface area contributed by atoms with Crippen LogP contribution in [0.15, 0.2) is 63.6 Å². The Hall–Kier alpha value is -3.54. The molecule has 156 valence electrons. The molecule has 1 atom stereocenters. The molecular weight excluding hydrogens is 390 g/mol. The molecule has 6 rings (SSSR count). The fourth-order valence-corrected chi connectivity index (χ4v) is 4.42. The van der Waals surface area contributed by atoms with Crippen molar-refractivity contribution in [2.75, 3.05) is 10.2 Å². The van der Waals surface area contributed by atoms with Crippen molar-refractivity contribution in [3.05, 3.63) is 77.6 Å². The van der Waals surface area contributed by atoms with E-state index in [9.17, 15) is 4.79 Å². The molecule has 4 aromatic rings. The minimum absolute atomic E-state index is 0.186. The van der Waals surface area contributed by atoms with Gasteiger partial charge in [0.25, 0.3) is 5.91 Å². The zero-order chi connectivity index (χ0) is 20.9. The van der Waals surface area contributed by atoms with Crippen molar-refractivity contribution in [2.24, 2.45) is 0 Å². The van der Waals surface area contributed by atoms with Gasteiger partial charge in [0, 0.05) is 23.3 Å². The van der Waals surface area contributed by atoms with Crippen molar-refractivity contribution < 1.29 is 13.6 Å². The third-order valence-electron chi connectivity index (χ3n) is 6.24. The van der Waals surface area contributed by atoms with E-state index in [2.05, 4.69) is 40.3 Å². The normalized spacial score (nSPS) is 17.8. The lowest BCUT2D eigenvalue weighted by Crippen LogP contribution is -2.29. The van der Waals surface area contributed by atoms with Gasteiger partial charge in [-0.1, -0.05) is 18.2 Å². The van der Waals surface area contributed by atoms with E-state index in [0.29, 0.717) is 35.5 Å². The summed E-state index contributed by atoms with van der Waals surface area (Å²) in [5, 5.41) is 2.99. The Kier molecular flexibility index (Phi) is 4.13. The SMILES string of the molecule is CC1Cc2ccccc2N1Cc1occc1C(=O)Nc1ccc2oc(C3CC3)nc2c1. The summed E-state index contributed by atoms with van der Waals surface area (Å²) in [7, 11) is 0. The van der Waals surface area contributed by atoms with E-state index in [1.54, 1.807) is 12.3 Å². The highest BCUT2D eigenvalue weighted by atomic mass is 16.3. The standard InChI is InChI=1S/C25H23N3O3/c1-15-12-17-4-2-3-5-21(17)28(15)14-23-19(10-11-30-23)24(29)26-18-8-9-22-20(13-18)27-25(31-22)16-6-7-16/h2-5,8-11,13,15-16H,6-7,12,14H2,1H3,(H,26,29). The number of aromatic nitrogens is 1. The first-order chi connectivity index (χ1) is 15.2. The van der Waals surface area contributed by atoms with Gasteiger partial charge in [0.15, 0.2) is 11.5 Å². The second kappa shape index (κ2) is 7.01. The Labute approximate surface area is 179 Å². The second-order valence-corrected chi connectivity index (χ2v) is 8.53. The third-order valence-corrected chi connectivity index (χ3v) is 6.24. The summed E-state index contributed by atoms with van der Waals surface area (Å²) in [6.07, 6.45) is 4.86. The van der Waals surface area contributed by atoms with E-state index in [1.807, 2.05) is 24.3 Å². The molecule has 2 aromatic heterocycles. The van der Waals surface area contributed by atoms with Gasteiger partial charge in [-0.3, -0.25) is 4.79 Å². The number of fused-ring (bicyclic) bond motifs is 2. The van der Waals surface area contributed by atoms with Gasteiger partial charge in [0.05, 0.1) is 18.4 Å². The zero-order valence-corrected chi connectivity index (χ0v) is 17.3. The maximum atomic E-state index is 13.0. The third kappa shape index (κ3) is 3.28. The van der Waals surface area contributed by atoms with E-state index >= 15 is 0 Å². The number of oxazole rings is 1. The number of carbonyl (C=O) groups is 1. The van der Waals surface area contributed by atoms with Crippen LogP contribution >= 0.6 is 0 Å². The monoisotopic (exact) mass is 413 g/mol. The summed E-state index contributed by atoms with van der Waals surface area (Å²) >= 11 is 0. The molecule has 2 aromatic carbocycles. The van der Waals surface area contributed by atoms with Crippen LogP contribution in [0.1, 0.15) is 53.3 Å². The molecule has 0 bridgehead atoms. The maximum absolute atomic E-state index is 13.0. The fraction of sp³-hybridized carbons (Fsp3) is 0.280. The summed E-state index contributed by atoms with van der Waals surface area (Å²) < 4.78 is 11.5. The quantitative estimate of drug-likeness (QED) is 0.468. The van der Waals surface area contributed by atoms with Crippen molar-refractivity contribution in [1.82, 2.24) is 4.98 Å². The molecule has 0 spiro atoms. The Morgan fingerprint density at radius 1 is 1.19 bits per heavy atom. The average molecular weight is 413 g/mol. The number of nitrogens with one attached hydrogen (secondary N) is 1. The molecule has 31 heavy (non-hydrogen) atoms. The Morgan fingerprint density at radius 3 is 2.94 bits per heavy atom. The zero-order valence-electron chi connectivity index (χ0n) is 17.3. The molecule has 6 nitrogen and oxygen atoms in total. The molecule has 1 fully saturated rings. The largest absolute Gasteiger partial charge is 0.467 e. The van der Waals surface area contributed by atoms with E-state index in [1.165, 1.54) is 11.3 Å². The molecule has 2 aliphatic rings. The van der Waals surface area contributed by atoms with Gasteiger partial charge >= 0.3 is 0 Å². The van der Waals surface area contributed by atoms with Gasteiger partial charge < -0.3 is 19.1 Å². The Bertz CT molecular complexity index is 1280. The second-order valence-electron chi connectivity index (χ2n) is 8.53. The van der Waals surface area contributed by atoms with E-state index < -0.39 is 0 Å². The Morgan fingerprint density at radius 2 is 2.06 bits per heavy atom. The molecule has 0 radical (unpaired) electrons. The van der Waals surface area contributed by atoms with Crippen LogP contribution < -0.4 is 10.2 Å². The van der Waals surface area contributed by atoms with Crippen LogP contribution in [0.4, 0.5) is 11.4 Å². The first-order valence-corrected chi connectivity index (χ1v) is 10.8. The number of rotatable bonds is 5. The lowest BCUT2D eigenvalue weighted by molar-refractivity contribution is 0.102. The summed E-state index contributed by atoms with van der Waals surface area (Å²) in [6, 6.07) is 16.1. The number of benzene rings is 2. The van der Waals surface area contributed by atoms with Gasteiger partial charge in [-0.05, 0) is 62.1 Å². The fourth-order valence-electron chi connectivity index (χ4n) is 4.42. The number of carbonyl (C=O) groups excluding carboxylic acids is 1. The highest BCUT2D eigenvalue weighted by Gasteiger charge is 2.29. The summed E-state index contributed by atoms with van der Waals surface area (Å²) in [5.41, 5.74) is 5.32. The van der Waals surface area contributed by atoms with Crippen LogP contribution in [-0.4, -0.2) is 16.9 Å². The minimum atomic E-state index is -0.186. The smallest absolute Gasteiger partial charge is 0.259 e. The van der Waals surface area contributed by atoms with E-state index in [-0.39, 0.29) is 5.91 Å². The van der Waals surface area contributed by atoms with Crippen molar-refractivity contribution in [1.29, 1.82) is 0 Å². The van der Waals surface area contributed by atoms with Crippen LogP contribution in [0, 0.1) is 0 Å². The molecule has 6 heteroatoms. The average Bonchev–Trinajstić information content (AvgIpc) is 3.23. The predicted molar refractivity (Wildman–Crippen MR) is 118 cm³/mol. The molecule has 1 saturated carbocycles. The van der Waals surface area contributed by atoms with Gasteiger partial charge in [-0.2, -0.15) is 0 Å². The van der Waals surface area contributed by atoms with Crippen molar-refractivity contribution in [3.8, 4) is 0 Å². The molecule has 1 unspecified atom stereocenters. The molecule has 1 N–H and O–H groups in total. The van der Waals surface area contributed by atoms with Gasteiger partial charge in [0.1, 0.15) is 11.3 Å². The number of hydrogen-bond donors (Lipinski definition) is 1. The van der Waals surface area contributed by atoms with Gasteiger partial charge in [-0.15, -0.1) is 0 Å². The van der Waals surface area contributed by atoms with E-state index in [0.717, 1.165) is 36.3 Å². The van der Waals surface area contributed by atoms with E-state index in [4.69, 9.17) is 8.83 Å². The number of amides is 1. The van der Waals surface area contributed by atoms with Crippen LogP contribution in [0.3, 0.4) is 0 Å². The number of anilines is 2. The van der Waals surface area contributed by atoms with Crippen LogP contribution in [0.25, 0.3) is 11.1 Å². The predicted octanol–water partition coefficient (Wildman–Crippen LogP) is 5.50. The van der Waals surface area contributed by atoms with Crippen LogP contribution in [-0.2, 0) is 13.0 Å². The summed E-state index contributed by atoms with van der Waals surface area (Å²) in [4.78, 5) is 19.9. The lowest BCUT2D eigenvalue weighted by Gasteiger charge is -2.24. The van der Waals surface area contributed by atoms with Gasteiger partial charge in [-0.25, -0.2) is 4.98 Å². The lowest BCUT2D eigenvalue weighted by atomic mass is 10.1. The molecule has 1 aliphatic heterocycles. The first-order valence-electron chi connectivity index (χ1n) is 10.8. The minimum Gasteiger partial charge on any atom is -0.467 e. The molecule has 1 amide bonds. The van der Waals surface area contributed by atoms with Crippen LogP contribution in [0.2, 0.25) is 0 Å². The number of nitrogens with zero attached hydrogens (tertiary/aromatic N) is 2. The molecular formula is C25H23N3O3. The number of hydrogen-bond acceptors (Lipinski definition) is 5. The van der Waals surface area contributed by atoms with Gasteiger partial charge in [0.2, 0.25) is 0 Å². The van der Waals surface area contributed by atoms with Crippen molar-refractivity contribution >= 4 is 28.4 Å². The Balaban J connectivity index is 1.22. The first kappa shape index (κ1) is 18.2. The summed E-state index contributed by atoms with van der Waals surface area (Å²) in [5.74, 6) is 1.74. The topological polar surface area (TPSA) is 71.5 Å². The highest BCUT2D eigenvalue weighted by molar-refractivity contribution is 6.05. The number of furan rings is 1.